The van der Waals surface area contributed by atoms with E-state index in [1.54, 1.807) is 19.2 Å². The highest BCUT2D eigenvalue weighted by molar-refractivity contribution is 5.80. The third kappa shape index (κ3) is 3.70. The normalized spacial score (nSPS) is 10.7. The van der Waals surface area contributed by atoms with Crippen LogP contribution in [-0.4, -0.2) is 7.11 Å². The van der Waals surface area contributed by atoms with Gasteiger partial charge in [-0.25, -0.2) is 0 Å². The molecule has 0 amide bonds. The second-order valence-electron chi connectivity index (χ2n) is 6.14. The van der Waals surface area contributed by atoms with Crippen LogP contribution in [0.25, 0.3) is 22.3 Å². The van der Waals surface area contributed by atoms with Gasteiger partial charge in [-0.2, -0.15) is 0 Å². The number of benzene rings is 3. The smallest absolute Gasteiger partial charge is 0.193 e. The SMILES string of the molecule is COc1ccc(-c2cc(=O)c3cc(OCc4ccccc4)ccc3o2)cc1. The molecule has 4 nitrogen and oxygen atoms in total. The van der Waals surface area contributed by atoms with E-state index in [9.17, 15) is 4.79 Å². The predicted molar refractivity (Wildman–Crippen MR) is 105 cm³/mol. The highest BCUT2D eigenvalue weighted by Gasteiger charge is 2.09. The van der Waals surface area contributed by atoms with Gasteiger partial charge in [0.15, 0.2) is 5.43 Å². The molecule has 0 aliphatic heterocycles. The molecule has 3 aromatic carbocycles. The van der Waals surface area contributed by atoms with Gasteiger partial charge < -0.3 is 13.9 Å². The molecule has 0 atom stereocenters. The fourth-order valence-electron chi connectivity index (χ4n) is 2.86. The number of fused-ring (bicyclic) bond motifs is 1. The second kappa shape index (κ2) is 7.38. The summed E-state index contributed by atoms with van der Waals surface area (Å²) in [5.41, 5.74) is 2.31. The molecule has 4 aromatic rings. The zero-order valence-corrected chi connectivity index (χ0v) is 14.8. The number of hydrogen-bond donors (Lipinski definition) is 0. The summed E-state index contributed by atoms with van der Waals surface area (Å²) in [6.07, 6.45) is 0. The lowest BCUT2D eigenvalue weighted by atomic mass is 10.1. The van der Waals surface area contributed by atoms with Crippen molar-refractivity contribution >= 4 is 11.0 Å². The van der Waals surface area contributed by atoms with E-state index < -0.39 is 0 Å². The Morgan fingerprint density at radius 3 is 2.33 bits per heavy atom. The van der Waals surface area contributed by atoms with Crippen LogP contribution < -0.4 is 14.9 Å². The Morgan fingerprint density at radius 1 is 0.852 bits per heavy atom. The lowest BCUT2D eigenvalue weighted by Crippen LogP contribution is -2.01. The first-order valence-electron chi connectivity index (χ1n) is 8.62. The zero-order valence-electron chi connectivity index (χ0n) is 14.8. The number of hydrogen-bond acceptors (Lipinski definition) is 4. The molecular formula is C23H18O4. The average Bonchev–Trinajstić information content (AvgIpc) is 2.73. The number of ether oxygens (including phenoxy) is 2. The molecule has 4 heteroatoms. The molecule has 4 rings (SSSR count). The summed E-state index contributed by atoms with van der Waals surface area (Å²) in [4.78, 5) is 12.6. The third-order valence-corrected chi connectivity index (χ3v) is 4.32. The van der Waals surface area contributed by atoms with E-state index in [-0.39, 0.29) is 5.43 Å². The zero-order chi connectivity index (χ0) is 18.6. The minimum Gasteiger partial charge on any atom is -0.497 e. The van der Waals surface area contributed by atoms with Crippen LogP contribution in [0.5, 0.6) is 11.5 Å². The molecule has 0 aliphatic rings. The van der Waals surface area contributed by atoms with Crippen LogP contribution >= 0.6 is 0 Å². The Kier molecular flexibility index (Phi) is 4.62. The minimum atomic E-state index is -0.104. The highest BCUT2D eigenvalue weighted by atomic mass is 16.5. The Hall–Kier alpha value is -3.53. The lowest BCUT2D eigenvalue weighted by Gasteiger charge is -2.08. The number of rotatable bonds is 5. The summed E-state index contributed by atoms with van der Waals surface area (Å²) in [6, 6.07) is 24.1. The maximum Gasteiger partial charge on any atom is 0.193 e. The minimum absolute atomic E-state index is 0.104. The first kappa shape index (κ1) is 16.9. The maximum absolute atomic E-state index is 12.6. The van der Waals surface area contributed by atoms with Crippen molar-refractivity contribution in [3.8, 4) is 22.8 Å². The standard InChI is InChI=1S/C23H18O4/c1-25-18-9-7-17(8-10-18)23-14-21(24)20-13-19(11-12-22(20)27-23)26-15-16-5-3-2-4-6-16/h2-14H,15H2,1H3. The van der Waals surface area contributed by atoms with Crippen LogP contribution in [0.2, 0.25) is 0 Å². The van der Waals surface area contributed by atoms with Crippen molar-refractivity contribution in [3.05, 3.63) is 94.6 Å². The van der Waals surface area contributed by atoms with Crippen LogP contribution in [-0.2, 0) is 6.61 Å². The Balaban J connectivity index is 1.62. The Morgan fingerprint density at radius 2 is 1.59 bits per heavy atom. The molecule has 27 heavy (non-hydrogen) atoms. The van der Waals surface area contributed by atoms with Crippen molar-refractivity contribution < 1.29 is 13.9 Å². The molecule has 0 saturated carbocycles. The summed E-state index contributed by atoms with van der Waals surface area (Å²) in [5, 5.41) is 0.498. The van der Waals surface area contributed by atoms with E-state index in [1.807, 2.05) is 60.7 Å². The molecule has 134 valence electrons. The van der Waals surface area contributed by atoms with Crippen molar-refractivity contribution in [2.45, 2.75) is 6.61 Å². The molecule has 0 unspecified atom stereocenters. The van der Waals surface area contributed by atoms with Crippen LogP contribution in [0.1, 0.15) is 5.56 Å². The lowest BCUT2D eigenvalue weighted by molar-refractivity contribution is 0.306. The van der Waals surface area contributed by atoms with Gasteiger partial charge in [0.05, 0.1) is 12.5 Å². The fraction of sp³-hybridized carbons (Fsp3) is 0.0870. The van der Waals surface area contributed by atoms with E-state index in [0.717, 1.165) is 16.9 Å². The van der Waals surface area contributed by atoms with Gasteiger partial charge >= 0.3 is 0 Å². The molecule has 0 aliphatic carbocycles. The third-order valence-electron chi connectivity index (χ3n) is 4.32. The van der Waals surface area contributed by atoms with Gasteiger partial charge in [-0.3, -0.25) is 4.79 Å². The van der Waals surface area contributed by atoms with Gasteiger partial charge in [-0.15, -0.1) is 0 Å². The fourth-order valence-corrected chi connectivity index (χ4v) is 2.86. The van der Waals surface area contributed by atoms with Crippen molar-refractivity contribution in [1.82, 2.24) is 0 Å². The van der Waals surface area contributed by atoms with E-state index >= 15 is 0 Å². The van der Waals surface area contributed by atoms with Gasteiger partial charge in [0.25, 0.3) is 0 Å². The van der Waals surface area contributed by atoms with E-state index in [0.29, 0.717) is 29.1 Å². The van der Waals surface area contributed by atoms with E-state index in [4.69, 9.17) is 13.9 Å². The summed E-state index contributed by atoms with van der Waals surface area (Å²) in [6.45, 7) is 0.446. The molecule has 1 heterocycles. The molecule has 0 bridgehead atoms. The van der Waals surface area contributed by atoms with Gasteiger partial charge in [-0.05, 0) is 48.0 Å². The van der Waals surface area contributed by atoms with Crippen molar-refractivity contribution in [3.63, 3.8) is 0 Å². The van der Waals surface area contributed by atoms with Gasteiger partial charge in [0.2, 0.25) is 0 Å². The summed E-state index contributed by atoms with van der Waals surface area (Å²) >= 11 is 0. The predicted octanol–water partition coefficient (Wildman–Crippen LogP) is 5.05. The van der Waals surface area contributed by atoms with Crippen LogP contribution in [0.4, 0.5) is 0 Å². The number of methoxy groups -OCH3 is 1. The molecule has 0 spiro atoms. The monoisotopic (exact) mass is 358 g/mol. The first-order valence-corrected chi connectivity index (χ1v) is 8.62. The summed E-state index contributed by atoms with van der Waals surface area (Å²) in [7, 11) is 1.61. The van der Waals surface area contributed by atoms with Gasteiger partial charge in [0.1, 0.15) is 29.4 Å². The van der Waals surface area contributed by atoms with Gasteiger partial charge in [-0.1, -0.05) is 30.3 Å². The Bertz CT molecular complexity index is 1110. The van der Waals surface area contributed by atoms with Crippen molar-refractivity contribution in [2.24, 2.45) is 0 Å². The van der Waals surface area contributed by atoms with E-state index in [1.165, 1.54) is 6.07 Å². The summed E-state index contributed by atoms with van der Waals surface area (Å²) in [5.74, 6) is 1.91. The highest BCUT2D eigenvalue weighted by Crippen LogP contribution is 2.26. The first-order chi connectivity index (χ1) is 13.2. The van der Waals surface area contributed by atoms with Crippen molar-refractivity contribution in [2.75, 3.05) is 7.11 Å². The molecular weight excluding hydrogens is 340 g/mol. The second-order valence-corrected chi connectivity index (χ2v) is 6.14. The molecule has 0 radical (unpaired) electrons. The van der Waals surface area contributed by atoms with Crippen LogP contribution in [0.15, 0.2) is 88.1 Å². The van der Waals surface area contributed by atoms with Crippen molar-refractivity contribution in [1.29, 1.82) is 0 Å². The van der Waals surface area contributed by atoms with E-state index in [2.05, 4.69) is 0 Å². The molecule has 1 aromatic heterocycles. The van der Waals surface area contributed by atoms with Gasteiger partial charge in [0, 0.05) is 11.6 Å². The molecule has 0 fully saturated rings. The molecule has 0 N–H and O–H groups in total. The van der Waals surface area contributed by atoms with Crippen LogP contribution in [0.3, 0.4) is 0 Å². The molecule has 0 saturated heterocycles. The Labute approximate surface area is 156 Å². The largest absolute Gasteiger partial charge is 0.497 e. The topological polar surface area (TPSA) is 48.7 Å². The average molecular weight is 358 g/mol. The maximum atomic E-state index is 12.6. The quantitative estimate of drug-likeness (QED) is 0.501. The van der Waals surface area contributed by atoms with Crippen LogP contribution in [0, 0.1) is 0 Å². The summed E-state index contributed by atoms with van der Waals surface area (Å²) < 4.78 is 16.9.